The third-order valence-corrected chi connectivity index (χ3v) is 28.0. The maximum atomic E-state index is 13.5. The number of rotatable bonds is 44. The van der Waals surface area contributed by atoms with Gasteiger partial charge in [0.25, 0.3) is 0 Å². The number of hydrogen-bond donors (Lipinski definition) is 8. The van der Waals surface area contributed by atoms with Gasteiger partial charge < -0.3 is 80.4 Å². The highest BCUT2D eigenvalue weighted by atomic mass is 16.5. The molecule has 4 unspecified atom stereocenters. The van der Waals surface area contributed by atoms with E-state index in [1.165, 1.54) is 0 Å². The van der Waals surface area contributed by atoms with Crippen LogP contribution in [-0.2, 0) is 128 Å². The normalized spacial score (nSPS) is 19.9. The Labute approximate surface area is 820 Å². The van der Waals surface area contributed by atoms with E-state index < -0.39 is 60.5 Å². The van der Waals surface area contributed by atoms with Gasteiger partial charge in [-0.2, -0.15) is 0 Å². The summed E-state index contributed by atoms with van der Waals surface area (Å²) in [4.78, 5) is 159. The average Bonchev–Trinajstić information content (AvgIpc) is 1.65. The van der Waals surface area contributed by atoms with E-state index in [4.69, 9.17) is 37.9 Å². The molecule has 0 radical (unpaired) electrons. The lowest BCUT2D eigenvalue weighted by Gasteiger charge is -2.25. The lowest BCUT2D eigenvalue weighted by molar-refractivity contribution is -0.136. The molecule has 4 aliphatic heterocycles. The Balaban J connectivity index is 0.000000157. The summed E-state index contributed by atoms with van der Waals surface area (Å²) in [7, 11) is 6.38. The molecule has 8 amide bonds. The first-order chi connectivity index (χ1) is 67.5. The van der Waals surface area contributed by atoms with Crippen LogP contribution in [-0.4, -0.2) is 199 Å². The minimum atomic E-state index is -0.835. The number of carbonyl (C=O) groups excluding carboxylic acids is 12. The molecule has 8 aliphatic rings. The summed E-state index contributed by atoms with van der Waals surface area (Å²) in [5.74, 6) is 0.0691. The third kappa shape index (κ3) is 30.6. The predicted octanol–water partition coefficient (Wildman–Crippen LogP) is 11.7. The smallest absolute Gasteiger partial charge is 0.249 e. The lowest BCUT2D eigenvalue weighted by atomic mass is 9.92. The van der Waals surface area contributed by atoms with Crippen molar-refractivity contribution in [1.82, 2.24) is 42.5 Å². The third-order valence-electron chi connectivity index (χ3n) is 28.0. The summed E-state index contributed by atoms with van der Waals surface area (Å²) in [6.07, 6.45) is 12.6. The molecule has 4 aliphatic carbocycles. The highest BCUT2D eigenvalue weighted by Crippen LogP contribution is 2.50. The number of ketones is 4. The molecule has 28 nitrogen and oxygen atoms in total. The van der Waals surface area contributed by atoms with Gasteiger partial charge in [0.15, 0.2) is 23.1 Å². The monoisotopic (exact) mass is 1910 g/mol. The molecule has 8 aromatic carbocycles. The quantitative estimate of drug-likeness (QED) is 0.0176. The van der Waals surface area contributed by atoms with E-state index in [0.29, 0.717) is 127 Å². The largest absolute Gasteiger partial charge is 0.497 e. The minimum Gasteiger partial charge on any atom is -0.497 e. The zero-order chi connectivity index (χ0) is 99.4. The van der Waals surface area contributed by atoms with Crippen LogP contribution in [0.2, 0.25) is 0 Å². The fourth-order valence-electron chi connectivity index (χ4n) is 17.7. The molecule has 12 atom stereocenters. The summed E-state index contributed by atoms with van der Waals surface area (Å²) >= 11 is 0. The molecule has 140 heavy (non-hydrogen) atoms. The van der Waals surface area contributed by atoms with E-state index in [1.54, 1.807) is 28.4 Å². The molecule has 4 saturated carbocycles. The second-order valence-corrected chi connectivity index (χ2v) is 39.3. The van der Waals surface area contributed by atoms with Crippen molar-refractivity contribution in [3.63, 3.8) is 0 Å². The van der Waals surface area contributed by atoms with Gasteiger partial charge in [-0.1, -0.05) is 198 Å². The van der Waals surface area contributed by atoms with Crippen molar-refractivity contribution in [2.45, 2.75) is 229 Å². The molecule has 4 heterocycles. The van der Waals surface area contributed by atoms with E-state index >= 15 is 0 Å². The number of benzene rings is 8. The first-order valence-corrected chi connectivity index (χ1v) is 49.2. The summed E-state index contributed by atoms with van der Waals surface area (Å²) in [6, 6.07) is 62.4. The van der Waals surface area contributed by atoms with Crippen molar-refractivity contribution in [2.75, 3.05) is 68.1 Å². The zero-order valence-electron chi connectivity index (χ0n) is 81.7. The van der Waals surface area contributed by atoms with Gasteiger partial charge in [0.1, 0.15) is 59.4 Å². The molecule has 4 saturated heterocycles. The molecule has 744 valence electrons. The van der Waals surface area contributed by atoms with Crippen LogP contribution in [0.15, 0.2) is 218 Å². The van der Waals surface area contributed by atoms with Crippen molar-refractivity contribution >= 4 is 70.4 Å². The second-order valence-electron chi connectivity index (χ2n) is 39.3. The summed E-state index contributed by atoms with van der Waals surface area (Å²) in [5.41, 5.74) is 5.88. The fraction of sp³-hybridized carbons (Fsp3) is 0.464. The van der Waals surface area contributed by atoms with Gasteiger partial charge in [-0.05, 0) is 209 Å². The first-order valence-electron chi connectivity index (χ1n) is 49.2. The molecule has 8 N–H and O–H groups in total. The van der Waals surface area contributed by atoms with Crippen LogP contribution < -0.4 is 61.5 Å². The molecular formula is C112H136N8O20. The Kier molecular flexibility index (Phi) is 37.3. The molecular weight excluding hydrogens is 1780 g/mol. The van der Waals surface area contributed by atoms with E-state index in [0.717, 1.165) is 109 Å². The first kappa shape index (κ1) is 105. The number of amides is 8. The van der Waals surface area contributed by atoms with Gasteiger partial charge >= 0.3 is 0 Å². The van der Waals surface area contributed by atoms with Crippen LogP contribution in [0.3, 0.4) is 0 Å². The van der Waals surface area contributed by atoms with Gasteiger partial charge in [-0.15, -0.1) is 0 Å². The Morgan fingerprint density at radius 1 is 0.264 bits per heavy atom. The Bertz CT molecular complexity index is 4780. The highest BCUT2D eigenvalue weighted by molar-refractivity contribution is 6.00. The van der Waals surface area contributed by atoms with Gasteiger partial charge in [-0.3, -0.25) is 57.5 Å². The van der Waals surface area contributed by atoms with Gasteiger partial charge in [-0.25, -0.2) is 0 Å². The molecule has 0 bridgehead atoms. The topological polar surface area (TPSA) is 375 Å². The van der Waals surface area contributed by atoms with E-state index in [9.17, 15) is 57.5 Å². The molecule has 8 aromatic rings. The van der Waals surface area contributed by atoms with Crippen molar-refractivity contribution in [3.05, 3.63) is 263 Å². The minimum absolute atomic E-state index is 0.0448. The second kappa shape index (κ2) is 49.9. The molecule has 16 rings (SSSR count). The molecule has 0 spiro atoms. The molecule has 0 aromatic heterocycles. The van der Waals surface area contributed by atoms with Crippen molar-refractivity contribution in [2.24, 2.45) is 33.5 Å². The van der Waals surface area contributed by atoms with Gasteiger partial charge in [0.05, 0.1) is 77.7 Å². The Morgan fingerprint density at radius 2 is 0.471 bits per heavy atom. The maximum Gasteiger partial charge on any atom is 0.249 e. The standard InChI is InChI=1S/4C28H34N2O5/c2*1-28(14-15-28)25(31)22(17-19-7-4-3-5-8-19)29-26(32)23(30-27(33)24-9-6-16-35-24)18-20-10-12-21(34-2)13-11-20;2*1-28(13-14-28)25(31)23(16-19-6-4-3-5-7-19)29-27(33)24(30-26(32)21-12-15-35-18-21)17-20-8-10-22(34-2)11-9-20/h2*3-5,7-8,10-13,22-24H,6,9,14-18H2,1-2H3,(H,29,32)(H,30,33);2*3-11,21,23-24H,12-18H2,1-2H3,(H,29,33)(H,30,32)/t22-,23?,24+;22-,23?,24-;21-,23+,24?;21-,23-,24?/m1101/s1. The van der Waals surface area contributed by atoms with Crippen molar-refractivity contribution < 1.29 is 95.4 Å². The number of hydrogen-bond acceptors (Lipinski definition) is 20. The van der Waals surface area contributed by atoms with Crippen molar-refractivity contribution in [3.8, 4) is 23.0 Å². The van der Waals surface area contributed by atoms with Crippen LogP contribution in [0.25, 0.3) is 0 Å². The summed E-state index contributed by atoms with van der Waals surface area (Å²) in [6.45, 7) is 10.7. The van der Waals surface area contributed by atoms with Crippen LogP contribution in [0.5, 0.6) is 23.0 Å². The van der Waals surface area contributed by atoms with Gasteiger partial charge in [0.2, 0.25) is 47.3 Å². The zero-order valence-corrected chi connectivity index (χ0v) is 81.7. The number of nitrogens with one attached hydrogen (secondary N) is 8. The van der Waals surface area contributed by atoms with E-state index in [1.807, 2.05) is 246 Å². The summed E-state index contributed by atoms with van der Waals surface area (Å²) < 4.78 is 42.6. The predicted molar refractivity (Wildman–Crippen MR) is 528 cm³/mol. The Hall–Kier alpha value is -12.8. The SMILES string of the molecule is COc1ccc(CC(NC(=O)[C@@H]2CCCO2)C(=O)N[C@H](Cc2ccccc2)C(=O)C2(C)CC2)cc1.COc1ccc(CC(NC(=O)[C@@H]2CCOC2)C(=O)N[C@H](Cc2ccccc2)C(=O)C2(C)CC2)cc1.COc1ccc(CC(NC(=O)[C@H]2CCCO2)C(=O)N[C@H](Cc2ccccc2)C(=O)C2(C)CC2)cc1.COc1ccc(CC(NC(=O)[C@H]2CCOC2)C(=O)N[C@H](Cc2ccccc2)C(=O)C2(C)CC2)cc1. The molecule has 8 fully saturated rings. The number of ether oxygens (including phenoxy) is 8. The fourth-order valence-corrected chi connectivity index (χ4v) is 17.7. The van der Waals surface area contributed by atoms with Gasteiger partial charge in [0, 0.05) is 73.8 Å². The maximum absolute atomic E-state index is 13.5. The highest BCUT2D eigenvalue weighted by Gasteiger charge is 2.52. The van der Waals surface area contributed by atoms with Crippen LogP contribution >= 0.6 is 0 Å². The summed E-state index contributed by atoms with van der Waals surface area (Å²) in [5, 5.41) is 23.6. The van der Waals surface area contributed by atoms with Crippen LogP contribution in [0, 0.1) is 33.5 Å². The van der Waals surface area contributed by atoms with Crippen molar-refractivity contribution in [1.29, 1.82) is 0 Å². The van der Waals surface area contributed by atoms with E-state index in [2.05, 4.69) is 42.5 Å². The lowest BCUT2D eigenvalue weighted by Crippen LogP contribution is -2.55. The molecule has 28 heteroatoms. The number of Topliss-reactive ketones (excluding diaryl/α,β-unsaturated/α-hetero) is 4. The number of carbonyl (C=O) groups is 12. The van der Waals surface area contributed by atoms with E-state index in [-0.39, 0.29) is 117 Å². The Morgan fingerprint density at radius 3 is 0.657 bits per heavy atom. The number of methoxy groups -OCH3 is 4. The average molecular weight is 1910 g/mol. The van der Waals surface area contributed by atoms with Crippen LogP contribution in [0.4, 0.5) is 0 Å². The van der Waals surface area contributed by atoms with Crippen LogP contribution in [0.1, 0.15) is 162 Å².